The van der Waals surface area contributed by atoms with Crippen LogP contribution in [0.5, 0.6) is 0 Å². The highest BCUT2D eigenvalue weighted by Crippen LogP contribution is 2.37. The lowest BCUT2D eigenvalue weighted by Gasteiger charge is -2.41. The van der Waals surface area contributed by atoms with Gasteiger partial charge in [-0.15, -0.1) is 0 Å². The molecular formula is C14H27NO3. The molecule has 0 radical (unpaired) electrons. The Bertz CT molecular complexity index is 251. The molecule has 18 heavy (non-hydrogen) atoms. The third-order valence-corrected chi connectivity index (χ3v) is 3.72. The van der Waals surface area contributed by atoms with Crippen molar-refractivity contribution in [2.75, 3.05) is 26.4 Å². The minimum Gasteiger partial charge on any atom is -0.376 e. The molecule has 2 fully saturated rings. The summed E-state index contributed by atoms with van der Waals surface area (Å²) in [7, 11) is 0. The fourth-order valence-corrected chi connectivity index (χ4v) is 2.86. The van der Waals surface area contributed by atoms with Crippen LogP contribution in [0.15, 0.2) is 0 Å². The Balaban J connectivity index is 1.93. The first-order chi connectivity index (χ1) is 8.65. The van der Waals surface area contributed by atoms with Crippen LogP contribution < -0.4 is 5.32 Å². The van der Waals surface area contributed by atoms with Gasteiger partial charge in [0.25, 0.3) is 0 Å². The summed E-state index contributed by atoms with van der Waals surface area (Å²) in [5.74, 6) is 0.212. The maximum atomic E-state index is 6.07. The second kappa shape index (κ2) is 6.33. The number of rotatable bonds is 5. The van der Waals surface area contributed by atoms with E-state index in [-0.39, 0.29) is 11.9 Å². The van der Waals surface area contributed by atoms with Gasteiger partial charge in [-0.05, 0) is 18.9 Å². The average molecular weight is 257 g/mol. The Labute approximate surface area is 110 Å². The molecule has 1 saturated heterocycles. The third kappa shape index (κ3) is 3.44. The van der Waals surface area contributed by atoms with Gasteiger partial charge in [-0.25, -0.2) is 0 Å². The van der Waals surface area contributed by atoms with E-state index in [9.17, 15) is 0 Å². The first-order valence-corrected chi connectivity index (χ1v) is 7.28. The molecule has 2 rings (SSSR count). The number of hydrogen-bond acceptors (Lipinski definition) is 4. The van der Waals surface area contributed by atoms with Gasteiger partial charge < -0.3 is 19.5 Å². The van der Waals surface area contributed by atoms with Crippen molar-refractivity contribution in [3.05, 3.63) is 0 Å². The number of nitrogens with one attached hydrogen (secondary N) is 1. The zero-order valence-electron chi connectivity index (χ0n) is 11.9. The standard InChI is InChI=1S/C14H27NO3/c1-4-15-12-5-6-14(17-7-8-18-14)9-13(12)16-10-11(2)3/h11-13,15H,4-10H2,1-3H3. The molecule has 4 nitrogen and oxygen atoms in total. The van der Waals surface area contributed by atoms with Crippen LogP contribution in [-0.4, -0.2) is 44.3 Å². The molecule has 1 heterocycles. The van der Waals surface area contributed by atoms with Crippen molar-refractivity contribution in [3.63, 3.8) is 0 Å². The van der Waals surface area contributed by atoms with Gasteiger partial charge in [-0.1, -0.05) is 20.8 Å². The molecule has 2 unspecified atom stereocenters. The minimum absolute atomic E-state index is 0.208. The summed E-state index contributed by atoms with van der Waals surface area (Å²) in [6, 6.07) is 0.437. The van der Waals surface area contributed by atoms with Gasteiger partial charge in [0.1, 0.15) is 0 Å². The largest absolute Gasteiger partial charge is 0.376 e. The highest BCUT2D eigenvalue weighted by molar-refractivity contribution is 4.92. The third-order valence-electron chi connectivity index (χ3n) is 3.72. The molecule has 0 aromatic rings. The summed E-state index contributed by atoms with van der Waals surface area (Å²) in [6.07, 6.45) is 3.11. The first kappa shape index (κ1) is 14.3. The average Bonchev–Trinajstić information content (AvgIpc) is 2.78. The Hall–Kier alpha value is -0.160. The molecule has 4 heteroatoms. The summed E-state index contributed by atoms with van der Waals surface area (Å²) in [6.45, 7) is 9.76. The molecule has 2 aliphatic rings. The number of ether oxygens (including phenoxy) is 3. The molecule has 1 aliphatic carbocycles. The highest BCUT2D eigenvalue weighted by Gasteiger charge is 2.45. The van der Waals surface area contributed by atoms with Gasteiger partial charge in [0, 0.05) is 25.5 Å². The fraction of sp³-hybridized carbons (Fsp3) is 1.00. The predicted octanol–water partition coefficient (Wildman–Crippen LogP) is 1.93. The van der Waals surface area contributed by atoms with Crippen molar-refractivity contribution in [1.82, 2.24) is 5.32 Å². The fourth-order valence-electron chi connectivity index (χ4n) is 2.86. The van der Waals surface area contributed by atoms with Crippen LogP contribution in [0.4, 0.5) is 0 Å². The van der Waals surface area contributed by atoms with E-state index in [2.05, 4.69) is 26.1 Å². The van der Waals surface area contributed by atoms with E-state index in [0.717, 1.165) is 45.6 Å². The molecule has 0 bridgehead atoms. The molecule has 1 spiro atoms. The monoisotopic (exact) mass is 257 g/mol. The zero-order chi connectivity index (χ0) is 13.0. The quantitative estimate of drug-likeness (QED) is 0.817. The molecular weight excluding hydrogens is 230 g/mol. The maximum absolute atomic E-state index is 6.07. The van der Waals surface area contributed by atoms with E-state index < -0.39 is 0 Å². The number of hydrogen-bond donors (Lipinski definition) is 1. The van der Waals surface area contributed by atoms with E-state index in [1.54, 1.807) is 0 Å². The minimum atomic E-state index is -0.354. The van der Waals surface area contributed by atoms with E-state index >= 15 is 0 Å². The van der Waals surface area contributed by atoms with Gasteiger partial charge in [-0.3, -0.25) is 0 Å². The van der Waals surface area contributed by atoms with Crippen molar-refractivity contribution in [1.29, 1.82) is 0 Å². The topological polar surface area (TPSA) is 39.7 Å². The maximum Gasteiger partial charge on any atom is 0.171 e. The second-order valence-corrected chi connectivity index (χ2v) is 5.78. The van der Waals surface area contributed by atoms with E-state index in [1.165, 1.54) is 0 Å². The van der Waals surface area contributed by atoms with Crippen LogP contribution in [0.3, 0.4) is 0 Å². The molecule has 2 atom stereocenters. The van der Waals surface area contributed by atoms with Crippen molar-refractivity contribution in [3.8, 4) is 0 Å². The summed E-state index contributed by atoms with van der Waals surface area (Å²) >= 11 is 0. The molecule has 106 valence electrons. The van der Waals surface area contributed by atoms with Crippen molar-refractivity contribution in [2.24, 2.45) is 5.92 Å². The van der Waals surface area contributed by atoms with Crippen LogP contribution in [0.1, 0.15) is 40.0 Å². The van der Waals surface area contributed by atoms with Crippen molar-refractivity contribution >= 4 is 0 Å². The summed E-state index contributed by atoms with van der Waals surface area (Å²) in [5.41, 5.74) is 0. The normalized spacial score (nSPS) is 31.3. The SMILES string of the molecule is CCNC1CCC2(CC1OCC(C)C)OCCO2. The molecule has 0 amide bonds. The molecule has 1 saturated carbocycles. The van der Waals surface area contributed by atoms with Gasteiger partial charge in [0.2, 0.25) is 0 Å². The Kier molecular flexibility index (Phi) is 5.01. The Morgan fingerprint density at radius 2 is 2.06 bits per heavy atom. The molecule has 0 aromatic carbocycles. The zero-order valence-corrected chi connectivity index (χ0v) is 11.9. The van der Waals surface area contributed by atoms with Crippen LogP contribution in [0.2, 0.25) is 0 Å². The summed E-state index contributed by atoms with van der Waals surface area (Å²) in [5, 5.41) is 3.53. The first-order valence-electron chi connectivity index (χ1n) is 7.28. The van der Waals surface area contributed by atoms with Crippen molar-refractivity contribution in [2.45, 2.75) is 58.0 Å². The highest BCUT2D eigenvalue weighted by atomic mass is 16.7. The molecule has 1 aliphatic heterocycles. The smallest absolute Gasteiger partial charge is 0.171 e. The van der Waals surface area contributed by atoms with Gasteiger partial charge in [0.05, 0.1) is 19.3 Å². The Morgan fingerprint density at radius 1 is 1.33 bits per heavy atom. The predicted molar refractivity (Wildman–Crippen MR) is 70.5 cm³/mol. The Morgan fingerprint density at radius 3 is 2.67 bits per heavy atom. The van der Waals surface area contributed by atoms with Crippen LogP contribution in [0.25, 0.3) is 0 Å². The lowest BCUT2D eigenvalue weighted by Crippen LogP contribution is -2.52. The number of likely N-dealkylation sites (N-methyl/N-ethyl adjacent to an activating group) is 1. The lowest BCUT2D eigenvalue weighted by atomic mass is 9.87. The summed E-state index contributed by atoms with van der Waals surface area (Å²) < 4.78 is 17.7. The van der Waals surface area contributed by atoms with Crippen LogP contribution in [0, 0.1) is 5.92 Å². The van der Waals surface area contributed by atoms with E-state index in [0.29, 0.717) is 12.0 Å². The van der Waals surface area contributed by atoms with Gasteiger partial charge >= 0.3 is 0 Å². The molecule has 1 N–H and O–H groups in total. The van der Waals surface area contributed by atoms with Crippen molar-refractivity contribution < 1.29 is 14.2 Å². The lowest BCUT2D eigenvalue weighted by molar-refractivity contribution is -0.208. The summed E-state index contributed by atoms with van der Waals surface area (Å²) in [4.78, 5) is 0. The van der Waals surface area contributed by atoms with Gasteiger partial charge in [0.15, 0.2) is 5.79 Å². The molecule has 0 aromatic heterocycles. The van der Waals surface area contributed by atoms with E-state index in [4.69, 9.17) is 14.2 Å². The van der Waals surface area contributed by atoms with Gasteiger partial charge in [-0.2, -0.15) is 0 Å². The van der Waals surface area contributed by atoms with Crippen LogP contribution in [-0.2, 0) is 14.2 Å². The van der Waals surface area contributed by atoms with Crippen LogP contribution >= 0.6 is 0 Å². The second-order valence-electron chi connectivity index (χ2n) is 5.78. The van der Waals surface area contributed by atoms with E-state index in [1.807, 2.05) is 0 Å².